The van der Waals surface area contributed by atoms with Gasteiger partial charge in [-0.3, -0.25) is 19.4 Å². The molecule has 0 spiro atoms. The summed E-state index contributed by atoms with van der Waals surface area (Å²) in [5, 5.41) is 13.9. The number of hydrogen-bond donors (Lipinski definition) is 3. The number of carbonyl (C=O) groups is 3. The number of anilines is 3. The summed E-state index contributed by atoms with van der Waals surface area (Å²) in [4.78, 5) is 50.5. The maximum absolute atomic E-state index is 13.5. The van der Waals surface area contributed by atoms with Gasteiger partial charge >= 0.3 is 0 Å². The van der Waals surface area contributed by atoms with Crippen LogP contribution in [0.4, 0.5) is 28.7 Å². The van der Waals surface area contributed by atoms with Crippen LogP contribution in [0.25, 0.3) is 11.4 Å². The average molecular weight is 478 g/mol. The second-order valence-electron chi connectivity index (χ2n) is 7.66. The van der Waals surface area contributed by atoms with Crippen LogP contribution in [0.2, 0.25) is 0 Å². The first kappa shape index (κ1) is 22.5. The topological polar surface area (TPSA) is 165 Å². The van der Waals surface area contributed by atoms with Crippen molar-refractivity contribution in [3.63, 3.8) is 0 Å². The normalized spacial score (nSPS) is 12.2. The number of carbonyl (C=O) groups excluding carboxylic acids is 3. The van der Waals surface area contributed by atoms with Crippen LogP contribution in [-0.2, 0) is 4.79 Å². The number of rotatable bonds is 6. The molecule has 2 aromatic carbocycles. The number of hydrogen-bond acceptors (Lipinski definition) is 10. The van der Waals surface area contributed by atoms with Gasteiger partial charge in [-0.15, -0.1) is 10.2 Å². The van der Waals surface area contributed by atoms with E-state index >= 15 is 0 Å². The van der Waals surface area contributed by atoms with E-state index in [1.165, 1.54) is 0 Å². The molecule has 0 saturated carbocycles. The lowest BCUT2D eigenvalue weighted by Gasteiger charge is -2.20. The van der Waals surface area contributed by atoms with Crippen molar-refractivity contribution in [3.05, 3.63) is 83.2 Å². The first-order chi connectivity index (χ1) is 17.5. The first-order valence-corrected chi connectivity index (χ1v) is 10.8. The highest BCUT2D eigenvalue weighted by Gasteiger charge is 2.33. The lowest BCUT2D eigenvalue weighted by Crippen LogP contribution is -2.22. The predicted molar refractivity (Wildman–Crippen MR) is 133 cm³/mol. The molecule has 1 aliphatic rings. The van der Waals surface area contributed by atoms with E-state index in [1.807, 2.05) is 0 Å². The third-order valence-corrected chi connectivity index (χ3v) is 5.61. The Labute approximate surface area is 204 Å². The van der Waals surface area contributed by atoms with Gasteiger partial charge in [0, 0.05) is 36.1 Å². The molecule has 4 aromatic rings. The van der Waals surface area contributed by atoms with E-state index in [1.54, 1.807) is 68.0 Å². The Morgan fingerprint density at radius 1 is 0.889 bits per heavy atom. The smallest absolute Gasteiger partial charge is 0.211 e. The monoisotopic (exact) mass is 478 g/mol. The number of amides is 1. The number of nitrogens with one attached hydrogen (secondary N) is 2. The molecule has 0 unspecified atom stereocenters. The SMILES string of the molecule is CNc1nc(-c2ccncc2)nc(N)c1N=Nc1cccc2c1C(=O)c1c(NC=O)cccc1C2=O. The molecule has 0 radical (unpaired) electrons. The van der Waals surface area contributed by atoms with Gasteiger partial charge in [0.05, 0.1) is 22.5 Å². The van der Waals surface area contributed by atoms with Crippen molar-refractivity contribution in [2.24, 2.45) is 10.2 Å². The molecule has 5 rings (SSSR count). The minimum absolute atomic E-state index is 0.0694. The van der Waals surface area contributed by atoms with Crippen molar-refractivity contribution in [3.8, 4) is 11.4 Å². The van der Waals surface area contributed by atoms with Crippen molar-refractivity contribution >= 4 is 46.7 Å². The van der Waals surface area contributed by atoms with Gasteiger partial charge in [-0.05, 0) is 24.3 Å². The average Bonchev–Trinajstić information content (AvgIpc) is 2.91. The van der Waals surface area contributed by atoms with Gasteiger partial charge in [0.2, 0.25) is 6.41 Å². The van der Waals surface area contributed by atoms with Crippen molar-refractivity contribution in [1.29, 1.82) is 0 Å². The Kier molecular flexibility index (Phi) is 5.71. The zero-order valence-corrected chi connectivity index (χ0v) is 18.9. The Bertz CT molecular complexity index is 1570. The fourth-order valence-electron chi connectivity index (χ4n) is 3.97. The van der Waals surface area contributed by atoms with E-state index in [4.69, 9.17) is 5.73 Å². The summed E-state index contributed by atoms with van der Waals surface area (Å²) in [6.45, 7) is 0. The summed E-state index contributed by atoms with van der Waals surface area (Å²) < 4.78 is 0. The molecule has 0 fully saturated rings. The molecule has 1 aliphatic carbocycles. The van der Waals surface area contributed by atoms with Gasteiger partial charge in [0.25, 0.3) is 0 Å². The Morgan fingerprint density at radius 2 is 1.61 bits per heavy atom. The van der Waals surface area contributed by atoms with Gasteiger partial charge in [-0.25, -0.2) is 9.97 Å². The zero-order chi connectivity index (χ0) is 25.2. The highest BCUT2D eigenvalue weighted by atomic mass is 16.1. The van der Waals surface area contributed by atoms with Gasteiger partial charge in [0.1, 0.15) is 0 Å². The van der Waals surface area contributed by atoms with Gasteiger partial charge in [0.15, 0.2) is 34.7 Å². The fourth-order valence-corrected chi connectivity index (χ4v) is 3.97. The maximum Gasteiger partial charge on any atom is 0.211 e. The maximum atomic E-state index is 13.5. The van der Waals surface area contributed by atoms with Crippen LogP contribution in [0.15, 0.2) is 71.2 Å². The molecule has 2 heterocycles. The lowest BCUT2D eigenvalue weighted by atomic mass is 9.82. The molecular formula is C25H18N8O3. The summed E-state index contributed by atoms with van der Waals surface area (Å²) in [6.07, 6.45) is 3.69. The number of ketones is 2. The predicted octanol–water partition coefficient (Wildman–Crippen LogP) is 3.92. The summed E-state index contributed by atoms with van der Waals surface area (Å²) >= 11 is 0. The standard InChI is InChI=1S/C25H18N8O3/c1-27-25-20(23(26)30-24(31-25)13-8-10-28-11-9-13)33-32-17-7-3-5-15-19(17)22(36)18-14(21(15)35)4-2-6-16(18)29-12-34/h2-12H,1H3,(H,29,34)(H3,26,27,30,31). The third-order valence-electron chi connectivity index (χ3n) is 5.61. The van der Waals surface area contributed by atoms with Gasteiger partial charge in [-0.2, -0.15) is 0 Å². The highest BCUT2D eigenvalue weighted by Crippen LogP contribution is 2.38. The van der Waals surface area contributed by atoms with Gasteiger partial charge in [-0.1, -0.05) is 24.3 Å². The number of nitrogens with zero attached hydrogens (tertiary/aromatic N) is 5. The van der Waals surface area contributed by atoms with Gasteiger partial charge < -0.3 is 16.4 Å². The van der Waals surface area contributed by atoms with Crippen molar-refractivity contribution in [2.75, 3.05) is 23.4 Å². The number of aromatic nitrogens is 3. The molecule has 0 atom stereocenters. The van der Waals surface area contributed by atoms with E-state index < -0.39 is 5.78 Å². The summed E-state index contributed by atoms with van der Waals surface area (Å²) in [7, 11) is 1.65. The second-order valence-corrected chi connectivity index (χ2v) is 7.66. The molecule has 11 nitrogen and oxygen atoms in total. The number of nitrogens with two attached hydrogens (primary N) is 1. The van der Waals surface area contributed by atoms with Crippen molar-refractivity contribution < 1.29 is 14.4 Å². The van der Waals surface area contributed by atoms with Crippen LogP contribution in [0.1, 0.15) is 31.8 Å². The highest BCUT2D eigenvalue weighted by molar-refractivity contribution is 6.31. The van der Waals surface area contributed by atoms with E-state index in [0.29, 0.717) is 18.1 Å². The number of benzene rings is 2. The van der Waals surface area contributed by atoms with Crippen molar-refractivity contribution in [1.82, 2.24) is 15.0 Å². The lowest BCUT2D eigenvalue weighted by molar-refractivity contribution is -0.105. The summed E-state index contributed by atoms with van der Waals surface area (Å²) in [5.41, 5.74) is 8.05. The van der Waals surface area contributed by atoms with Crippen LogP contribution < -0.4 is 16.4 Å². The molecule has 2 aromatic heterocycles. The Morgan fingerprint density at radius 3 is 2.33 bits per heavy atom. The van der Waals surface area contributed by atoms with Crippen molar-refractivity contribution in [2.45, 2.75) is 0 Å². The minimum atomic E-state index is -0.454. The second kappa shape index (κ2) is 9.14. The zero-order valence-electron chi connectivity index (χ0n) is 18.9. The van der Waals surface area contributed by atoms with Crippen LogP contribution in [0.3, 0.4) is 0 Å². The van der Waals surface area contributed by atoms with Crippen LogP contribution >= 0.6 is 0 Å². The number of fused-ring (bicyclic) bond motifs is 2. The summed E-state index contributed by atoms with van der Waals surface area (Å²) in [6, 6.07) is 12.9. The summed E-state index contributed by atoms with van der Waals surface area (Å²) in [5.74, 6) is -0.0345. The number of nitrogen functional groups attached to an aromatic ring is 1. The molecule has 11 heteroatoms. The molecule has 176 valence electrons. The molecule has 36 heavy (non-hydrogen) atoms. The third kappa shape index (κ3) is 3.74. The van der Waals surface area contributed by atoms with Crippen LogP contribution in [-0.4, -0.2) is 40.0 Å². The first-order valence-electron chi connectivity index (χ1n) is 10.8. The molecule has 1 amide bonds. The fraction of sp³-hybridized carbons (Fsp3) is 0.0400. The minimum Gasteiger partial charge on any atom is -0.382 e. The number of azo groups is 1. The molecule has 0 aliphatic heterocycles. The van der Waals surface area contributed by atoms with E-state index in [2.05, 4.69) is 35.8 Å². The van der Waals surface area contributed by atoms with E-state index in [9.17, 15) is 14.4 Å². The molecule has 0 saturated heterocycles. The molecule has 0 bridgehead atoms. The van der Waals surface area contributed by atoms with E-state index in [0.717, 1.165) is 5.56 Å². The largest absolute Gasteiger partial charge is 0.382 e. The molecule has 4 N–H and O–H groups in total. The van der Waals surface area contributed by atoms with E-state index in [-0.39, 0.29) is 50.9 Å². The Balaban J connectivity index is 1.59. The quantitative estimate of drug-likeness (QED) is 0.244. The Hall–Kier alpha value is -5.32. The van der Waals surface area contributed by atoms with Crippen LogP contribution in [0, 0.1) is 0 Å². The number of pyridine rings is 1. The van der Waals surface area contributed by atoms with Crippen LogP contribution in [0.5, 0.6) is 0 Å². The molecular weight excluding hydrogens is 460 g/mol.